The summed E-state index contributed by atoms with van der Waals surface area (Å²) in [4.78, 5) is 13.2. The van der Waals surface area contributed by atoms with Crippen molar-refractivity contribution in [2.45, 2.75) is 44.1 Å². The summed E-state index contributed by atoms with van der Waals surface area (Å²) >= 11 is 0. The molecule has 0 spiro atoms. The molecule has 32 heavy (non-hydrogen) atoms. The van der Waals surface area contributed by atoms with Crippen molar-refractivity contribution in [3.8, 4) is 0 Å². The molecule has 0 unspecified atom stereocenters. The summed E-state index contributed by atoms with van der Waals surface area (Å²) in [5, 5.41) is 0. The van der Waals surface area contributed by atoms with Crippen LogP contribution in [-0.4, -0.2) is 17.0 Å². The number of amides is 1. The standard InChI is InChI=1S/C20H14F9NO2/c1-10-16(12-6-14(19(24,25)26)8-15(7-12)20(27,28)29)32-17(31)30(10)9-11-3-2-4-13(5-11)18(21,22)23/h2-8,10,16H,9H2,1H3/t10-,16-/m0/s1. The monoisotopic (exact) mass is 471 g/mol. The molecular formula is C20H14F9NO2. The van der Waals surface area contributed by atoms with Crippen molar-refractivity contribution in [1.82, 2.24) is 4.90 Å². The maximum atomic E-state index is 13.1. The number of cyclic esters (lactones) is 1. The smallest absolute Gasteiger partial charge is 0.416 e. The third-order valence-corrected chi connectivity index (χ3v) is 4.94. The predicted octanol–water partition coefficient (Wildman–Crippen LogP) is 6.83. The predicted molar refractivity (Wildman–Crippen MR) is 92.1 cm³/mol. The van der Waals surface area contributed by atoms with Gasteiger partial charge in [-0.05, 0) is 48.4 Å². The van der Waals surface area contributed by atoms with Gasteiger partial charge in [0.15, 0.2) is 0 Å². The highest BCUT2D eigenvalue weighted by atomic mass is 19.4. The fourth-order valence-corrected chi connectivity index (χ4v) is 3.35. The molecule has 12 heteroatoms. The molecule has 1 fully saturated rings. The zero-order valence-corrected chi connectivity index (χ0v) is 16.1. The molecule has 0 N–H and O–H groups in total. The van der Waals surface area contributed by atoms with E-state index in [0.29, 0.717) is 12.1 Å². The first-order chi connectivity index (χ1) is 14.6. The fourth-order valence-electron chi connectivity index (χ4n) is 3.35. The molecule has 0 aromatic heterocycles. The highest BCUT2D eigenvalue weighted by Gasteiger charge is 2.43. The lowest BCUT2D eigenvalue weighted by molar-refractivity contribution is -0.143. The van der Waals surface area contributed by atoms with Crippen molar-refractivity contribution in [3.63, 3.8) is 0 Å². The van der Waals surface area contributed by atoms with Crippen LogP contribution in [0.4, 0.5) is 44.3 Å². The number of rotatable bonds is 3. The van der Waals surface area contributed by atoms with Gasteiger partial charge in [-0.1, -0.05) is 12.1 Å². The van der Waals surface area contributed by atoms with Crippen LogP contribution in [0.3, 0.4) is 0 Å². The molecule has 1 aliphatic rings. The number of hydrogen-bond acceptors (Lipinski definition) is 2. The van der Waals surface area contributed by atoms with Gasteiger partial charge in [0.25, 0.3) is 0 Å². The summed E-state index contributed by atoms with van der Waals surface area (Å²) in [6.07, 6.45) is -17.4. The average Bonchev–Trinajstić information content (AvgIpc) is 2.94. The third-order valence-electron chi connectivity index (χ3n) is 4.94. The van der Waals surface area contributed by atoms with Crippen molar-refractivity contribution in [2.24, 2.45) is 0 Å². The van der Waals surface area contributed by atoms with E-state index in [1.54, 1.807) is 0 Å². The van der Waals surface area contributed by atoms with Crippen molar-refractivity contribution in [1.29, 1.82) is 0 Å². The van der Waals surface area contributed by atoms with E-state index in [1.165, 1.54) is 13.0 Å². The average molecular weight is 471 g/mol. The first kappa shape index (κ1) is 23.7. The van der Waals surface area contributed by atoms with Gasteiger partial charge in [-0.15, -0.1) is 0 Å². The Morgan fingerprint density at radius 3 is 1.84 bits per heavy atom. The summed E-state index contributed by atoms with van der Waals surface area (Å²) in [5.41, 5.74) is -4.58. The first-order valence-electron chi connectivity index (χ1n) is 9.00. The lowest BCUT2D eigenvalue weighted by Crippen LogP contribution is -2.31. The molecule has 2 aromatic carbocycles. The van der Waals surface area contributed by atoms with Crippen LogP contribution in [0.15, 0.2) is 42.5 Å². The van der Waals surface area contributed by atoms with Crippen LogP contribution in [-0.2, 0) is 29.8 Å². The van der Waals surface area contributed by atoms with E-state index in [4.69, 9.17) is 4.74 Å². The van der Waals surface area contributed by atoms with Crippen LogP contribution in [0.25, 0.3) is 0 Å². The molecule has 3 nitrogen and oxygen atoms in total. The summed E-state index contributed by atoms with van der Waals surface area (Å²) in [6.45, 7) is 0.933. The second-order valence-electron chi connectivity index (χ2n) is 7.21. The van der Waals surface area contributed by atoms with Crippen LogP contribution < -0.4 is 0 Å². The van der Waals surface area contributed by atoms with Crippen molar-refractivity contribution in [2.75, 3.05) is 0 Å². The van der Waals surface area contributed by atoms with Crippen LogP contribution >= 0.6 is 0 Å². The van der Waals surface area contributed by atoms with E-state index in [-0.39, 0.29) is 18.2 Å². The zero-order chi connectivity index (χ0) is 24.1. The van der Waals surface area contributed by atoms with Crippen LogP contribution in [0.2, 0.25) is 0 Å². The number of halogens is 9. The SMILES string of the molecule is C[C@H]1[C@@H](c2cc(C(F)(F)F)cc(C(F)(F)F)c2)OC(=O)N1Cc1cccc(C(F)(F)F)c1. The van der Waals surface area contributed by atoms with Crippen LogP contribution in [0.1, 0.15) is 40.8 Å². The number of carbonyl (C=O) groups is 1. The van der Waals surface area contributed by atoms with E-state index >= 15 is 0 Å². The number of carbonyl (C=O) groups excluding carboxylic acids is 1. The molecule has 1 heterocycles. The molecule has 0 saturated carbocycles. The highest BCUT2D eigenvalue weighted by Crippen LogP contribution is 2.41. The van der Waals surface area contributed by atoms with Gasteiger partial charge in [0, 0.05) is 6.54 Å². The van der Waals surface area contributed by atoms with Crippen molar-refractivity contribution in [3.05, 3.63) is 70.3 Å². The van der Waals surface area contributed by atoms with Crippen LogP contribution in [0.5, 0.6) is 0 Å². The topological polar surface area (TPSA) is 29.5 Å². The number of nitrogens with zero attached hydrogens (tertiary/aromatic N) is 1. The quantitative estimate of drug-likeness (QED) is 0.460. The Morgan fingerprint density at radius 2 is 1.34 bits per heavy atom. The summed E-state index contributed by atoms with van der Waals surface area (Å²) < 4.78 is 122. The summed E-state index contributed by atoms with van der Waals surface area (Å²) in [7, 11) is 0. The Morgan fingerprint density at radius 1 is 0.812 bits per heavy atom. The second-order valence-corrected chi connectivity index (χ2v) is 7.21. The third kappa shape index (κ3) is 4.94. The van der Waals surface area contributed by atoms with Crippen molar-refractivity contribution < 1.29 is 49.0 Å². The summed E-state index contributed by atoms with van der Waals surface area (Å²) in [5.74, 6) is 0. The maximum absolute atomic E-state index is 13.1. The molecule has 1 saturated heterocycles. The van der Waals surface area contributed by atoms with Crippen molar-refractivity contribution >= 4 is 6.09 Å². The normalized spacial score (nSPS) is 19.9. The van der Waals surface area contributed by atoms with E-state index < -0.39 is 59.0 Å². The fraction of sp³-hybridized carbons (Fsp3) is 0.350. The Bertz CT molecular complexity index is 979. The van der Waals surface area contributed by atoms with Gasteiger partial charge in [-0.25, -0.2) is 4.79 Å². The minimum atomic E-state index is -5.08. The minimum absolute atomic E-state index is 0.0503. The van der Waals surface area contributed by atoms with E-state index in [9.17, 15) is 44.3 Å². The molecule has 0 aliphatic carbocycles. The van der Waals surface area contributed by atoms with Gasteiger partial charge in [-0.3, -0.25) is 4.90 Å². The Kier molecular flexibility index (Phi) is 5.85. The minimum Gasteiger partial charge on any atom is -0.439 e. The Hall–Kier alpha value is -2.92. The Labute approximate surface area is 175 Å². The highest BCUT2D eigenvalue weighted by molar-refractivity contribution is 5.71. The molecular weight excluding hydrogens is 457 g/mol. The molecule has 1 aliphatic heterocycles. The molecule has 3 rings (SSSR count). The van der Waals surface area contributed by atoms with Gasteiger partial charge in [0.1, 0.15) is 6.10 Å². The van der Waals surface area contributed by atoms with Gasteiger partial charge in [-0.2, -0.15) is 39.5 Å². The lowest BCUT2D eigenvalue weighted by Gasteiger charge is -2.22. The molecule has 1 amide bonds. The largest absolute Gasteiger partial charge is 0.439 e. The second kappa shape index (κ2) is 7.89. The summed E-state index contributed by atoms with van der Waals surface area (Å²) in [6, 6.07) is 3.83. The zero-order valence-electron chi connectivity index (χ0n) is 16.1. The number of ether oxygens (including phenoxy) is 1. The van der Waals surface area contributed by atoms with Gasteiger partial charge in [0.2, 0.25) is 0 Å². The number of alkyl halides is 9. The first-order valence-corrected chi connectivity index (χ1v) is 9.00. The van der Waals surface area contributed by atoms with E-state index in [1.807, 2.05) is 0 Å². The molecule has 2 atom stereocenters. The molecule has 174 valence electrons. The van der Waals surface area contributed by atoms with Crippen LogP contribution in [0, 0.1) is 0 Å². The molecule has 0 radical (unpaired) electrons. The molecule has 2 aromatic rings. The Balaban J connectivity index is 1.93. The van der Waals surface area contributed by atoms with Gasteiger partial charge in [0.05, 0.1) is 22.7 Å². The number of benzene rings is 2. The van der Waals surface area contributed by atoms with Gasteiger partial charge >= 0.3 is 24.6 Å². The number of hydrogen-bond donors (Lipinski definition) is 0. The van der Waals surface area contributed by atoms with Gasteiger partial charge < -0.3 is 4.74 Å². The van der Waals surface area contributed by atoms with E-state index in [2.05, 4.69) is 0 Å². The van der Waals surface area contributed by atoms with E-state index in [0.717, 1.165) is 23.1 Å². The molecule has 0 bridgehead atoms. The lowest BCUT2D eigenvalue weighted by atomic mass is 9.97. The maximum Gasteiger partial charge on any atom is 0.416 e.